The first kappa shape index (κ1) is 22.4. The molecule has 2 aromatic carbocycles. The predicted molar refractivity (Wildman–Crippen MR) is 108 cm³/mol. The summed E-state index contributed by atoms with van der Waals surface area (Å²) < 4.78 is 0. The van der Waals surface area contributed by atoms with Gasteiger partial charge in [0.2, 0.25) is 0 Å². The van der Waals surface area contributed by atoms with Gasteiger partial charge < -0.3 is 10.2 Å². The SMILES string of the molecule is C/C(O)=C/C(=NCCN=C(/C=C(/C)O)c1ccccc1)c1ccccc1.[Co]. The van der Waals surface area contributed by atoms with E-state index in [1.54, 1.807) is 26.0 Å². The molecule has 0 aliphatic rings. The van der Waals surface area contributed by atoms with Gasteiger partial charge in [-0.3, -0.25) is 9.98 Å². The van der Waals surface area contributed by atoms with Gasteiger partial charge in [-0.15, -0.1) is 0 Å². The average molecular weight is 407 g/mol. The van der Waals surface area contributed by atoms with Crippen molar-refractivity contribution in [1.82, 2.24) is 0 Å². The number of hydrogen-bond donors (Lipinski definition) is 2. The van der Waals surface area contributed by atoms with Gasteiger partial charge in [-0.05, 0) is 25.0 Å². The molecule has 2 aromatic rings. The molecule has 0 heterocycles. The number of aliphatic hydroxyl groups is 2. The second-order valence-corrected chi connectivity index (χ2v) is 5.84. The van der Waals surface area contributed by atoms with Crippen molar-refractivity contribution in [1.29, 1.82) is 0 Å². The number of aliphatic hydroxyl groups excluding tert-OH is 2. The first-order valence-electron chi connectivity index (χ1n) is 8.50. The molecular formula is C22H24CoN2O2. The fourth-order valence-corrected chi connectivity index (χ4v) is 2.39. The van der Waals surface area contributed by atoms with Crippen LogP contribution in [0.1, 0.15) is 25.0 Å². The molecule has 2 rings (SSSR count). The Hall–Kier alpha value is -2.63. The van der Waals surface area contributed by atoms with Crippen LogP contribution in [-0.2, 0) is 16.8 Å². The zero-order valence-electron chi connectivity index (χ0n) is 15.5. The minimum absolute atomic E-state index is 0. The second-order valence-electron chi connectivity index (χ2n) is 5.84. The fourth-order valence-electron chi connectivity index (χ4n) is 2.39. The fraction of sp³-hybridized carbons (Fsp3) is 0.182. The molecule has 0 unspecified atom stereocenters. The van der Waals surface area contributed by atoms with Gasteiger partial charge in [-0.25, -0.2) is 0 Å². The third kappa shape index (κ3) is 8.07. The van der Waals surface area contributed by atoms with Crippen molar-refractivity contribution in [3.05, 3.63) is 95.5 Å². The summed E-state index contributed by atoms with van der Waals surface area (Å²) in [6, 6.07) is 19.4. The van der Waals surface area contributed by atoms with Gasteiger partial charge in [0.1, 0.15) is 0 Å². The number of rotatable bonds is 7. The first-order valence-corrected chi connectivity index (χ1v) is 8.50. The summed E-state index contributed by atoms with van der Waals surface area (Å²) in [4.78, 5) is 9.14. The van der Waals surface area contributed by atoms with Gasteiger partial charge in [-0.2, -0.15) is 0 Å². The van der Waals surface area contributed by atoms with E-state index in [0.717, 1.165) is 22.6 Å². The molecule has 0 saturated carbocycles. The van der Waals surface area contributed by atoms with Crippen LogP contribution < -0.4 is 0 Å². The second kappa shape index (κ2) is 11.9. The standard InChI is InChI=1S/C22H24N2O2.Co/c1-17(25)15-21(19-9-5-3-6-10-19)23-13-14-24-22(16-18(2)26)20-11-7-4-8-12-20;/h3-12,15-16,25-26H,13-14H2,1-2H3;/b17-15-,18-16-,23-21?,24-22?;. The monoisotopic (exact) mass is 407 g/mol. The van der Waals surface area contributed by atoms with E-state index in [0.29, 0.717) is 13.1 Å². The maximum atomic E-state index is 9.59. The van der Waals surface area contributed by atoms with Crippen molar-refractivity contribution in [3.8, 4) is 0 Å². The summed E-state index contributed by atoms with van der Waals surface area (Å²) in [6.45, 7) is 4.20. The Morgan fingerprint density at radius 2 is 1.04 bits per heavy atom. The van der Waals surface area contributed by atoms with E-state index in [4.69, 9.17) is 0 Å². The normalized spacial score (nSPS) is 13.3. The molecule has 5 heteroatoms. The quantitative estimate of drug-likeness (QED) is 0.390. The van der Waals surface area contributed by atoms with Crippen molar-refractivity contribution in [2.75, 3.05) is 13.1 Å². The van der Waals surface area contributed by atoms with Crippen molar-refractivity contribution >= 4 is 11.4 Å². The zero-order chi connectivity index (χ0) is 18.8. The molecule has 0 atom stereocenters. The van der Waals surface area contributed by atoms with Crippen LogP contribution in [0.4, 0.5) is 0 Å². The Bertz CT molecular complexity index is 746. The topological polar surface area (TPSA) is 65.2 Å². The molecule has 4 nitrogen and oxygen atoms in total. The largest absolute Gasteiger partial charge is 0.513 e. The average Bonchev–Trinajstić information content (AvgIpc) is 2.64. The number of allylic oxidation sites excluding steroid dienone is 4. The summed E-state index contributed by atoms with van der Waals surface area (Å²) in [6.07, 6.45) is 3.30. The summed E-state index contributed by atoms with van der Waals surface area (Å²) >= 11 is 0. The molecule has 0 amide bonds. The molecule has 27 heavy (non-hydrogen) atoms. The summed E-state index contributed by atoms with van der Waals surface area (Å²) in [5.74, 6) is 0.417. The van der Waals surface area contributed by atoms with Gasteiger partial charge in [0.05, 0.1) is 36.0 Å². The molecule has 0 bridgehead atoms. The Morgan fingerprint density at radius 1 is 0.704 bits per heavy atom. The van der Waals surface area contributed by atoms with Crippen LogP contribution >= 0.6 is 0 Å². The maximum absolute atomic E-state index is 9.59. The maximum Gasteiger partial charge on any atom is 0.0913 e. The van der Waals surface area contributed by atoms with Crippen LogP contribution in [0.5, 0.6) is 0 Å². The summed E-state index contributed by atoms with van der Waals surface area (Å²) in [5, 5.41) is 19.2. The van der Waals surface area contributed by atoms with E-state index < -0.39 is 0 Å². The first-order chi connectivity index (χ1) is 12.6. The molecule has 0 aliphatic heterocycles. The van der Waals surface area contributed by atoms with E-state index in [-0.39, 0.29) is 28.3 Å². The smallest absolute Gasteiger partial charge is 0.0913 e. The van der Waals surface area contributed by atoms with E-state index >= 15 is 0 Å². The van der Waals surface area contributed by atoms with Crippen molar-refractivity contribution in [2.24, 2.45) is 9.98 Å². The predicted octanol–water partition coefficient (Wildman–Crippen LogP) is 4.89. The van der Waals surface area contributed by atoms with Crippen molar-refractivity contribution in [2.45, 2.75) is 13.8 Å². The molecule has 0 saturated heterocycles. The van der Waals surface area contributed by atoms with Gasteiger partial charge in [0, 0.05) is 28.9 Å². The van der Waals surface area contributed by atoms with Crippen molar-refractivity contribution < 1.29 is 27.0 Å². The Balaban J connectivity index is 0.00000364. The number of aliphatic imine (C=N–C) groups is 2. The Morgan fingerprint density at radius 3 is 1.33 bits per heavy atom. The van der Waals surface area contributed by atoms with Gasteiger partial charge in [0.25, 0.3) is 0 Å². The van der Waals surface area contributed by atoms with Crippen LogP contribution in [0.3, 0.4) is 0 Å². The number of hydrogen-bond acceptors (Lipinski definition) is 4. The molecular weight excluding hydrogens is 383 g/mol. The number of benzene rings is 2. The minimum Gasteiger partial charge on any atom is -0.513 e. The van der Waals surface area contributed by atoms with E-state index in [1.165, 1.54) is 0 Å². The molecule has 2 N–H and O–H groups in total. The molecule has 1 radical (unpaired) electrons. The van der Waals surface area contributed by atoms with Crippen LogP contribution in [0.25, 0.3) is 0 Å². The summed E-state index contributed by atoms with van der Waals surface area (Å²) in [7, 11) is 0. The molecule has 0 fully saturated rings. The van der Waals surface area contributed by atoms with Gasteiger partial charge >= 0.3 is 0 Å². The summed E-state index contributed by atoms with van der Waals surface area (Å²) in [5.41, 5.74) is 3.32. The molecule has 0 aliphatic carbocycles. The third-order valence-corrected chi connectivity index (χ3v) is 3.49. The van der Waals surface area contributed by atoms with Crippen LogP contribution in [0.15, 0.2) is 94.3 Å². The van der Waals surface area contributed by atoms with Crippen LogP contribution in [0, 0.1) is 0 Å². The van der Waals surface area contributed by atoms with Crippen LogP contribution in [0.2, 0.25) is 0 Å². The van der Waals surface area contributed by atoms with E-state index in [1.807, 2.05) is 60.7 Å². The Labute approximate surface area is 170 Å². The number of nitrogens with zero attached hydrogens (tertiary/aromatic N) is 2. The van der Waals surface area contributed by atoms with E-state index in [2.05, 4.69) is 9.98 Å². The molecule has 143 valence electrons. The van der Waals surface area contributed by atoms with Crippen LogP contribution in [-0.4, -0.2) is 34.7 Å². The van der Waals surface area contributed by atoms with Gasteiger partial charge in [0.15, 0.2) is 0 Å². The zero-order valence-corrected chi connectivity index (χ0v) is 16.5. The van der Waals surface area contributed by atoms with Gasteiger partial charge in [-0.1, -0.05) is 60.7 Å². The third-order valence-electron chi connectivity index (χ3n) is 3.49. The molecule has 0 aromatic heterocycles. The van der Waals surface area contributed by atoms with E-state index in [9.17, 15) is 10.2 Å². The molecule has 0 spiro atoms. The minimum atomic E-state index is 0. The Kier molecular flexibility index (Phi) is 9.86. The van der Waals surface area contributed by atoms with Crippen molar-refractivity contribution in [3.63, 3.8) is 0 Å².